The molecule has 10 heteroatoms. The molecule has 0 aliphatic rings. The molecule has 0 unspecified atom stereocenters. The quantitative estimate of drug-likeness (QED) is 0.0690. The van der Waals surface area contributed by atoms with Gasteiger partial charge in [-0.15, -0.1) is 0 Å². The third-order valence-corrected chi connectivity index (χ3v) is 6.97. The van der Waals surface area contributed by atoms with E-state index in [1.807, 2.05) is 30.4 Å². The van der Waals surface area contributed by atoms with E-state index in [1.165, 1.54) is 0 Å². The van der Waals surface area contributed by atoms with Crippen LogP contribution in [0.25, 0.3) is 17.2 Å². The van der Waals surface area contributed by atoms with Crippen molar-refractivity contribution in [2.45, 2.75) is 83.5 Å². The summed E-state index contributed by atoms with van der Waals surface area (Å²) in [5.41, 5.74) is 7.60. The topological polar surface area (TPSA) is 157 Å². The highest BCUT2D eigenvalue weighted by molar-refractivity contribution is 5.77. The maximum Gasteiger partial charge on any atom is 0.243 e. The molecule has 4 amide bonds. The molecule has 0 fully saturated rings. The minimum absolute atomic E-state index is 0.00140. The minimum atomic E-state index is -0.382. The smallest absolute Gasteiger partial charge is 0.243 e. The van der Waals surface area contributed by atoms with Crippen molar-refractivity contribution in [3.63, 3.8) is 0 Å². The van der Waals surface area contributed by atoms with E-state index in [-0.39, 0.29) is 23.6 Å². The van der Waals surface area contributed by atoms with Gasteiger partial charge in [0, 0.05) is 38.8 Å². The lowest BCUT2D eigenvalue weighted by Gasteiger charge is -2.08. The van der Waals surface area contributed by atoms with E-state index in [0.717, 1.165) is 67.2 Å². The molecule has 0 saturated carbocycles. The zero-order valence-electron chi connectivity index (χ0n) is 24.9. The van der Waals surface area contributed by atoms with Gasteiger partial charge in [-0.1, -0.05) is 80.3 Å². The average molecular weight is 595 g/mol. The summed E-state index contributed by atoms with van der Waals surface area (Å²) in [4.78, 5) is 46.1. The van der Waals surface area contributed by atoms with Gasteiger partial charge in [0.15, 0.2) is 0 Å². The summed E-state index contributed by atoms with van der Waals surface area (Å²) in [6.45, 7) is 1.01. The molecule has 0 aliphatic carbocycles. The van der Waals surface area contributed by atoms with E-state index in [9.17, 15) is 19.2 Å². The lowest BCUT2D eigenvalue weighted by Crippen LogP contribution is -2.25. The Morgan fingerprint density at radius 1 is 0.605 bits per heavy atom. The summed E-state index contributed by atoms with van der Waals surface area (Å²) in [7, 11) is 0. The molecular weight excluding hydrogens is 548 g/mol. The van der Waals surface area contributed by atoms with Crippen LogP contribution < -0.4 is 21.6 Å². The highest BCUT2D eigenvalue weighted by Gasteiger charge is 2.05. The summed E-state index contributed by atoms with van der Waals surface area (Å²) < 4.78 is 0. The molecular formula is C33H46N4O6. The van der Waals surface area contributed by atoms with Crippen LogP contribution in [0.1, 0.15) is 88.2 Å². The van der Waals surface area contributed by atoms with E-state index < -0.39 is 0 Å². The van der Waals surface area contributed by atoms with Gasteiger partial charge in [-0.3, -0.25) is 29.6 Å². The summed E-state index contributed by atoms with van der Waals surface area (Å²) in [6, 6.07) is 16.5. The van der Waals surface area contributed by atoms with Gasteiger partial charge in [-0.05, 0) is 60.4 Å². The van der Waals surface area contributed by atoms with E-state index in [1.54, 1.807) is 11.0 Å². The van der Waals surface area contributed by atoms with Crippen molar-refractivity contribution in [1.82, 2.24) is 21.6 Å². The number of hydroxylamine groups is 2. The first-order chi connectivity index (χ1) is 20.9. The van der Waals surface area contributed by atoms with Crippen LogP contribution in [-0.2, 0) is 25.6 Å². The number of carbonyl (C=O) groups is 4. The molecule has 10 nitrogen and oxygen atoms in total. The van der Waals surface area contributed by atoms with Crippen molar-refractivity contribution in [1.29, 1.82) is 0 Å². The highest BCUT2D eigenvalue weighted by atomic mass is 16.5. The Morgan fingerprint density at radius 3 is 1.70 bits per heavy atom. The second kappa shape index (κ2) is 21.6. The van der Waals surface area contributed by atoms with E-state index in [4.69, 9.17) is 10.4 Å². The molecule has 0 atom stereocenters. The van der Waals surface area contributed by atoms with Crippen molar-refractivity contribution in [3.05, 3.63) is 65.7 Å². The summed E-state index contributed by atoms with van der Waals surface area (Å²) in [5.74, 6) is -0.731. The fourth-order valence-corrected chi connectivity index (χ4v) is 4.58. The second-order valence-electron chi connectivity index (χ2n) is 10.5. The van der Waals surface area contributed by atoms with E-state index in [2.05, 4.69) is 41.0 Å². The first-order valence-corrected chi connectivity index (χ1v) is 15.2. The number of carbonyl (C=O) groups excluding carboxylic acids is 4. The molecule has 0 spiro atoms. The molecule has 0 aliphatic heterocycles. The Bertz CT molecular complexity index is 1180. The summed E-state index contributed by atoms with van der Waals surface area (Å²) in [5, 5.41) is 22.8. The molecule has 234 valence electrons. The normalized spacial score (nSPS) is 10.8. The molecule has 0 aromatic heterocycles. The van der Waals surface area contributed by atoms with Gasteiger partial charge in [0.05, 0.1) is 0 Å². The molecule has 2 aromatic carbocycles. The number of benzene rings is 2. The zero-order valence-corrected chi connectivity index (χ0v) is 24.9. The van der Waals surface area contributed by atoms with Gasteiger partial charge in [0.2, 0.25) is 23.6 Å². The molecule has 0 bridgehead atoms. The van der Waals surface area contributed by atoms with Crippen LogP contribution in [0.5, 0.6) is 0 Å². The molecule has 2 aromatic rings. The van der Waals surface area contributed by atoms with Crippen LogP contribution >= 0.6 is 0 Å². The SMILES string of the molecule is O=C(CCCCCCC(=O)NC/C=C/c1cccc(-c2cccc(CCNC(=O)CCCCCCC(=O)NO)c2)c1)NO. The summed E-state index contributed by atoms with van der Waals surface area (Å²) >= 11 is 0. The third kappa shape index (κ3) is 16.3. The van der Waals surface area contributed by atoms with Crippen LogP contribution in [-0.4, -0.2) is 47.1 Å². The lowest BCUT2D eigenvalue weighted by molar-refractivity contribution is -0.130. The van der Waals surface area contributed by atoms with Gasteiger partial charge in [-0.2, -0.15) is 0 Å². The van der Waals surface area contributed by atoms with E-state index >= 15 is 0 Å². The van der Waals surface area contributed by atoms with Gasteiger partial charge < -0.3 is 10.6 Å². The highest BCUT2D eigenvalue weighted by Crippen LogP contribution is 2.22. The first kappa shape index (κ1) is 35.2. The Balaban J connectivity index is 1.68. The molecule has 6 N–H and O–H groups in total. The minimum Gasteiger partial charge on any atom is -0.356 e. The molecule has 43 heavy (non-hydrogen) atoms. The third-order valence-electron chi connectivity index (χ3n) is 6.97. The maximum absolute atomic E-state index is 12.1. The Morgan fingerprint density at radius 2 is 1.12 bits per heavy atom. The Labute approximate surface area is 254 Å². The molecule has 0 heterocycles. The Hall–Kier alpha value is -4.02. The molecule has 2 rings (SSSR count). The number of rotatable bonds is 21. The van der Waals surface area contributed by atoms with E-state index in [0.29, 0.717) is 51.6 Å². The Kier molecular flexibility index (Phi) is 17.7. The zero-order chi connectivity index (χ0) is 31.1. The predicted molar refractivity (Wildman–Crippen MR) is 166 cm³/mol. The second-order valence-corrected chi connectivity index (χ2v) is 10.5. The van der Waals surface area contributed by atoms with Crippen LogP contribution in [0.2, 0.25) is 0 Å². The van der Waals surface area contributed by atoms with Crippen molar-refractivity contribution in [2.75, 3.05) is 13.1 Å². The van der Waals surface area contributed by atoms with Crippen LogP contribution in [0.15, 0.2) is 54.6 Å². The van der Waals surface area contributed by atoms with Gasteiger partial charge in [0.25, 0.3) is 0 Å². The van der Waals surface area contributed by atoms with Crippen molar-refractivity contribution in [3.8, 4) is 11.1 Å². The number of hydrogen-bond donors (Lipinski definition) is 6. The fraction of sp³-hybridized carbons (Fsp3) is 0.455. The van der Waals surface area contributed by atoms with Gasteiger partial charge >= 0.3 is 0 Å². The van der Waals surface area contributed by atoms with Crippen molar-refractivity contribution < 1.29 is 29.6 Å². The summed E-state index contributed by atoms with van der Waals surface area (Å²) in [6.07, 6.45) is 12.5. The van der Waals surface area contributed by atoms with Crippen molar-refractivity contribution in [2.24, 2.45) is 0 Å². The molecule has 0 saturated heterocycles. The standard InChI is InChI=1S/C33H46N4O6/c38-30(17-5-1-3-7-19-32(40)36-42)34-22-11-14-26-12-9-15-28(24-26)29-16-10-13-27(25-29)21-23-35-31(39)18-6-2-4-8-20-33(41)37-43/h9-16,24-25,42-43H,1-8,17-23H2,(H,34,38)(H,35,39)(H,36,40)(H,37,41)/b14-11+. The van der Waals surface area contributed by atoms with Gasteiger partial charge in [-0.25, -0.2) is 11.0 Å². The van der Waals surface area contributed by atoms with Crippen LogP contribution in [0.4, 0.5) is 0 Å². The first-order valence-electron chi connectivity index (χ1n) is 15.2. The van der Waals surface area contributed by atoms with Gasteiger partial charge in [0.1, 0.15) is 0 Å². The lowest BCUT2D eigenvalue weighted by atomic mass is 10.00. The van der Waals surface area contributed by atoms with Crippen molar-refractivity contribution >= 4 is 29.7 Å². The largest absolute Gasteiger partial charge is 0.356 e. The number of unbranched alkanes of at least 4 members (excludes halogenated alkanes) is 6. The number of hydrogen-bond acceptors (Lipinski definition) is 6. The monoisotopic (exact) mass is 594 g/mol. The van der Waals surface area contributed by atoms with Crippen LogP contribution in [0.3, 0.4) is 0 Å². The van der Waals surface area contributed by atoms with Crippen LogP contribution in [0, 0.1) is 0 Å². The number of nitrogens with one attached hydrogen (secondary N) is 4. The average Bonchev–Trinajstić information content (AvgIpc) is 3.02. The number of amides is 4. The molecule has 0 radical (unpaired) electrons. The maximum atomic E-state index is 12.1. The predicted octanol–water partition coefficient (Wildman–Crippen LogP) is 4.83. The fourth-order valence-electron chi connectivity index (χ4n) is 4.58.